The highest BCUT2D eigenvalue weighted by atomic mass is 19.4. The van der Waals surface area contributed by atoms with Crippen LogP contribution in [0, 0.1) is 5.82 Å². The van der Waals surface area contributed by atoms with Crippen LogP contribution >= 0.6 is 0 Å². The molecule has 0 unspecified atom stereocenters. The minimum Gasteiger partial charge on any atom is -0.481 e. The maximum absolute atomic E-state index is 13.2. The summed E-state index contributed by atoms with van der Waals surface area (Å²) in [5.74, 6) is -2.88. The van der Waals surface area contributed by atoms with Crippen molar-refractivity contribution < 1.29 is 32.3 Å². The van der Waals surface area contributed by atoms with Gasteiger partial charge in [-0.1, -0.05) is 0 Å². The summed E-state index contributed by atoms with van der Waals surface area (Å²) in [6, 6.07) is 3.10. The second-order valence-corrected chi connectivity index (χ2v) is 4.92. The van der Waals surface area contributed by atoms with E-state index in [2.05, 4.69) is 9.97 Å². The van der Waals surface area contributed by atoms with Crippen LogP contribution in [-0.2, 0) is 15.8 Å². The average Bonchev–Trinajstić information content (AvgIpc) is 2.52. The highest BCUT2D eigenvalue weighted by Gasteiger charge is 2.36. The van der Waals surface area contributed by atoms with Crippen LogP contribution in [0.3, 0.4) is 0 Å². The second-order valence-electron chi connectivity index (χ2n) is 4.92. The number of amides is 1. The fourth-order valence-electron chi connectivity index (χ4n) is 1.92. The average molecular weight is 357 g/mol. The van der Waals surface area contributed by atoms with Gasteiger partial charge >= 0.3 is 12.1 Å². The highest BCUT2D eigenvalue weighted by Crippen LogP contribution is 2.35. The van der Waals surface area contributed by atoms with Gasteiger partial charge in [0.2, 0.25) is 5.91 Å². The van der Waals surface area contributed by atoms with Crippen molar-refractivity contribution in [2.24, 2.45) is 0 Å². The molecule has 0 bridgehead atoms. The first-order valence-corrected chi connectivity index (χ1v) is 6.87. The lowest BCUT2D eigenvalue weighted by molar-refractivity contribution is -0.141. The standard InChI is InChI=1S/C15H11F4N3O3/c16-9-5-8(6-20-7-9)10-1-2-11(14(22-10)15(17,18)19)21-12(23)3-4-13(24)25/h1-2,5-7H,3-4H2,(H,21,23)(H,24,25). The summed E-state index contributed by atoms with van der Waals surface area (Å²) in [5.41, 5.74) is -2.13. The third-order valence-electron chi connectivity index (χ3n) is 3.00. The van der Waals surface area contributed by atoms with Crippen molar-refractivity contribution in [2.45, 2.75) is 19.0 Å². The zero-order chi connectivity index (χ0) is 18.6. The predicted octanol–water partition coefficient (Wildman–Crippen LogP) is 3.10. The Morgan fingerprint density at radius 3 is 2.48 bits per heavy atom. The summed E-state index contributed by atoms with van der Waals surface area (Å²) >= 11 is 0. The quantitative estimate of drug-likeness (QED) is 0.802. The van der Waals surface area contributed by atoms with Crippen LogP contribution in [0.2, 0.25) is 0 Å². The van der Waals surface area contributed by atoms with Crippen LogP contribution in [0.5, 0.6) is 0 Å². The van der Waals surface area contributed by atoms with Crippen LogP contribution in [0.15, 0.2) is 30.6 Å². The number of nitrogens with one attached hydrogen (secondary N) is 1. The van der Waals surface area contributed by atoms with Crippen molar-refractivity contribution in [3.63, 3.8) is 0 Å². The number of carboxylic acid groups (broad SMARTS) is 1. The summed E-state index contributed by atoms with van der Waals surface area (Å²) in [6.07, 6.45) is -3.84. The van der Waals surface area contributed by atoms with Gasteiger partial charge in [-0.05, 0) is 18.2 Å². The van der Waals surface area contributed by atoms with Gasteiger partial charge in [-0.2, -0.15) is 13.2 Å². The van der Waals surface area contributed by atoms with E-state index in [4.69, 9.17) is 5.11 Å². The molecule has 132 valence electrons. The van der Waals surface area contributed by atoms with E-state index in [0.29, 0.717) is 0 Å². The van der Waals surface area contributed by atoms with Gasteiger partial charge in [0, 0.05) is 18.2 Å². The van der Waals surface area contributed by atoms with E-state index in [0.717, 1.165) is 24.5 Å². The van der Waals surface area contributed by atoms with Gasteiger partial charge in [-0.25, -0.2) is 9.37 Å². The maximum Gasteiger partial charge on any atom is 0.435 e. The van der Waals surface area contributed by atoms with Crippen molar-refractivity contribution in [3.8, 4) is 11.3 Å². The SMILES string of the molecule is O=C(O)CCC(=O)Nc1ccc(-c2cncc(F)c2)nc1C(F)(F)F. The third-order valence-corrected chi connectivity index (χ3v) is 3.00. The number of carbonyl (C=O) groups excluding carboxylic acids is 1. The lowest BCUT2D eigenvalue weighted by Gasteiger charge is -2.14. The number of alkyl halides is 3. The molecule has 2 rings (SSSR count). The summed E-state index contributed by atoms with van der Waals surface area (Å²) < 4.78 is 52.7. The number of aromatic nitrogens is 2. The number of hydrogen-bond acceptors (Lipinski definition) is 4. The largest absolute Gasteiger partial charge is 0.481 e. The number of hydrogen-bond donors (Lipinski definition) is 2. The first kappa shape index (κ1) is 18.3. The van der Waals surface area contributed by atoms with E-state index >= 15 is 0 Å². The van der Waals surface area contributed by atoms with Crippen LogP contribution in [-0.4, -0.2) is 27.0 Å². The van der Waals surface area contributed by atoms with Crippen LogP contribution in [0.25, 0.3) is 11.3 Å². The Kier molecular flexibility index (Phi) is 5.30. The number of carboxylic acids is 1. The minimum atomic E-state index is -4.88. The Balaban J connectivity index is 2.35. The molecular formula is C15H11F4N3O3. The van der Waals surface area contributed by atoms with Gasteiger partial charge in [0.15, 0.2) is 5.69 Å². The number of carbonyl (C=O) groups is 2. The summed E-state index contributed by atoms with van der Waals surface area (Å²) in [5, 5.41) is 10.5. The van der Waals surface area contributed by atoms with Gasteiger partial charge in [0.25, 0.3) is 0 Å². The van der Waals surface area contributed by atoms with E-state index in [9.17, 15) is 27.2 Å². The predicted molar refractivity (Wildman–Crippen MR) is 77.9 cm³/mol. The van der Waals surface area contributed by atoms with Gasteiger partial charge < -0.3 is 10.4 Å². The zero-order valence-corrected chi connectivity index (χ0v) is 12.5. The number of anilines is 1. The molecule has 2 N–H and O–H groups in total. The van der Waals surface area contributed by atoms with Gasteiger partial charge in [0.05, 0.1) is 24.0 Å². The first-order chi connectivity index (χ1) is 11.7. The van der Waals surface area contributed by atoms with Gasteiger partial charge in [0.1, 0.15) is 5.82 Å². The Morgan fingerprint density at radius 2 is 1.88 bits per heavy atom. The Morgan fingerprint density at radius 1 is 1.16 bits per heavy atom. The molecule has 2 aromatic heterocycles. The van der Waals surface area contributed by atoms with Crippen molar-refractivity contribution in [1.82, 2.24) is 9.97 Å². The molecule has 25 heavy (non-hydrogen) atoms. The highest BCUT2D eigenvalue weighted by molar-refractivity contribution is 5.93. The molecule has 6 nitrogen and oxygen atoms in total. The van der Waals surface area contributed by atoms with Crippen molar-refractivity contribution in [3.05, 3.63) is 42.1 Å². The number of pyridine rings is 2. The monoisotopic (exact) mass is 357 g/mol. The normalized spacial score (nSPS) is 11.2. The molecule has 2 aromatic rings. The molecule has 0 aliphatic heterocycles. The smallest absolute Gasteiger partial charge is 0.435 e. The summed E-state index contributed by atoms with van der Waals surface area (Å²) in [4.78, 5) is 29.0. The van der Waals surface area contributed by atoms with E-state index < -0.39 is 48.1 Å². The van der Waals surface area contributed by atoms with Crippen molar-refractivity contribution in [1.29, 1.82) is 0 Å². The van der Waals surface area contributed by atoms with Crippen LogP contribution < -0.4 is 5.32 Å². The molecule has 0 spiro atoms. The fraction of sp³-hybridized carbons (Fsp3) is 0.200. The lowest BCUT2D eigenvalue weighted by Crippen LogP contribution is -2.18. The first-order valence-electron chi connectivity index (χ1n) is 6.87. The van der Waals surface area contributed by atoms with E-state index in [1.165, 1.54) is 6.07 Å². The Hall–Kier alpha value is -3.04. The molecule has 1 amide bonds. The maximum atomic E-state index is 13.2. The van der Waals surface area contributed by atoms with Crippen LogP contribution in [0.4, 0.5) is 23.2 Å². The molecule has 0 aromatic carbocycles. The van der Waals surface area contributed by atoms with Crippen LogP contribution in [0.1, 0.15) is 18.5 Å². The molecule has 0 radical (unpaired) electrons. The molecule has 0 saturated carbocycles. The lowest BCUT2D eigenvalue weighted by atomic mass is 10.1. The fourth-order valence-corrected chi connectivity index (χ4v) is 1.92. The molecular weight excluding hydrogens is 346 g/mol. The van der Waals surface area contributed by atoms with E-state index in [-0.39, 0.29) is 11.3 Å². The molecule has 0 atom stereocenters. The number of halogens is 4. The van der Waals surface area contributed by atoms with Crippen molar-refractivity contribution >= 4 is 17.6 Å². The summed E-state index contributed by atoms with van der Waals surface area (Å²) in [7, 11) is 0. The zero-order valence-electron chi connectivity index (χ0n) is 12.5. The Bertz CT molecular complexity index is 809. The molecule has 2 heterocycles. The molecule has 0 fully saturated rings. The third kappa shape index (κ3) is 4.96. The minimum absolute atomic E-state index is 0.0363. The van der Waals surface area contributed by atoms with Crippen molar-refractivity contribution in [2.75, 3.05) is 5.32 Å². The molecule has 0 aliphatic rings. The molecule has 0 aliphatic carbocycles. The Labute approximate surface area is 138 Å². The van der Waals surface area contributed by atoms with E-state index in [1.54, 1.807) is 0 Å². The topological polar surface area (TPSA) is 92.2 Å². The molecule has 10 heteroatoms. The van der Waals surface area contributed by atoms with E-state index in [1.807, 2.05) is 5.32 Å². The number of nitrogens with zero attached hydrogens (tertiary/aromatic N) is 2. The molecule has 0 saturated heterocycles. The number of rotatable bonds is 5. The second kappa shape index (κ2) is 7.24. The summed E-state index contributed by atoms with van der Waals surface area (Å²) in [6.45, 7) is 0. The number of aliphatic carboxylic acids is 1. The van der Waals surface area contributed by atoms with Gasteiger partial charge in [-0.15, -0.1) is 0 Å². The van der Waals surface area contributed by atoms with Gasteiger partial charge in [-0.3, -0.25) is 14.6 Å².